The standard InChI is InChI=1S/C29H29N3O5S/c1-3-37-28(35)21-11-13-22(14-12-21)30-26(33)19-25-27(34)32(23-7-5-4-6-8-23)29(38)31(25)18-17-20-9-15-24(36-2)16-10-20/h4-16,25H,3,17-19H2,1-2H3,(H,30,33). The summed E-state index contributed by atoms with van der Waals surface area (Å²) in [6.45, 7) is 2.48. The van der Waals surface area contributed by atoms with E-state index < -0.39 is 12.0 Å². The van der Waals surface area contributed by atoms with Gasteiger partial charge < -0.3 is 19.7 Å². The average Bonchev–Trinajstić information content (AvgIpc) is 3.16. The van der Waals surface area contributed by atoms with Crippen molar-refractivity contribution in [1.82, 2.24) is 4.90 Å². The number of thiocarbonyl (C=S) groups is 1. The van der Waals surface area contributed by atoms with Crippen LogP contribution in [0.2, 0.25) is 0 Å². The summed E-state index contributed by atoms with van der Waals surface area (Å²) in [4.78, 5) is 41.8. The number of rotatable bonds is 10. The number of anilines is 2. The fourth-order valence-corrected chi connectivity index (χ4v) is 4.65. The minimum Gasteiger partial charge on any atom is -0.497 e. The van der Waals surface area contributed by atoms with E-state index in [1.165, 1.54) is 4.90 Å². The van der Waals surface area contributed by atoms with Gasteiger partial charge in [-0.1, -0.05) is 30.3 Å². The molecule has 3 aromatic rings. The molecule has 1 aliphatic heterocycles. The summed E-state index contributed by atoms with van der Waals surface area (Å²) in [5, 5.41) is 3.19. The predicted molar refractivity (Wildman–Crippen MR) is 149 cm³/mol. The van der Waals surface area contributed by atoms with Gasteiger partial charge in [0.2, 0.25) is 5.91 Å². The second-order valence-electron chi connectivity index (χ2n) is 8.65. The zero-order valence-corrected chi connectivity index (χ0v) is 22.1. The molecule has 9 heteroatoms. The molecule has 2 amide bonds. The Kier molecular flexibility index (Phi) is 8.70. The van der Waals surface area contributed by atoms with E-state index >= 15 is 0 Å². The Morgan fingerprint density at radius 2 is 1.66 bits per heavy atom. The van der Waals surface area contributed by atoms with Gasteiger partial charge in [-0.25, -0.2) is 4.79 Å². The SMILES string of the molecule is CCOC(=O)c1ccc(NC(=O)CC2C(=O)N(c3ccccc3)C(=S)N2CCc2ccc(OC)cc2)cc1. The number of esters is 1. The molecular formula is C29H29N3O5S. The third-order valence-corrected chi connectivity index (χ3v) is 6.61. The minimum absolute atomic E-state index is 0.0788. The number of hydrogen-bond acceptors (Lipinski definition) is 6. The molecule has 0 spiro atoms. The summed E-state index contributed by atoms with van der Waals surface area (Å²) in [6.07, 6.45) is 0.554. The van der Waals surface area contributed by atoms with Gasteiger partial charge in [-0.05, 0) is 79.7 Å². The van der Waals surface area contributed by atoms with E-state index in [1.54, 1.807) is 38.3 Å². The number of para-hydroxylation sites is 1. The Balaban J connectivity index is 1.49. The molecule has 0 radical (unpaired) electrons. The summed E-state index contributed by atoms with van der Waals surface area (Å²) in [5.41, 5.74) is 2.63. The molecule has 0 bridgehead atoms. The second kappa shape index (κ2) is 12.3. The molecule has 1 N–H and O–H groups in total. The normalized spacial score (nSPS) is 14.9. The highest BCUT2D eigenvalue weighted by Gasteiger charge is 2.43. The number of methoxy groups -OCH3 is 1. The molecular weight excluding hydrogens is 502 g/mol. The van der Waals surface area contributed by atoms with Crippen molar-refractivity contribution in [3.63, 3.8) is 0 Å². The number of carbonyl (C=O) groups is 3. The van der Waals surface area contributed by atoms with Crippen LogP contribution in [-0.4, -0.2) is 54.1 Å². The molecule has 196 valence electrons. The lowest BCUT2D eigenvalue weighted by atomic mass is 10.1. The van der Waals surface area contributed by atoms with Crippen molar-refractivity contribution in [2.24, 2.45) is 0 Å². The molecule has 3 aromatic carbocycles. The summed E-state index contributed by atoms with van der Waals surface area (Å²) >= 11 is 5.73. The van der Waals surface area contributed by atoms with E-state index in [0.717, 1.165) is 11.3 Å². The Morgan fingerprint density at radius 3 is 2.29 bits per heavy atom. The zero-order valence-electron chi connectivity index (χ0n) is 21.3. The lowest BCUT2D eigenvalue weighted by molar-refractivity contribution is -0.124. The summed E-state index contributed by atoms with van der Waals surface area (Å²) in [5.74, 6) is -0.243. The fourth-order valence-electron chi connectivity index (χ4n) is 4.24. The topological polar surface area (TPSA) is 88.2 Å². The van der Waals surface area contributed by atoms with Crippen LogP contribution in [-0.2, 0) is 20.7 Å². The molecule has 1 atom stereocenters. The number of nitrogens with zero attached hydrogens (tertiary/aromatic N) is 2. The van der Waals surface area contributed by atoms with Gasteiger partial charge in [-0.3, -0.25) is 14.5 Å². The van der Waals surface area contributed by atoms with Crippen LogP contribution in [0.15, 0.2) is 78.9 Å². The Morgan fingerprint density at radius 1 is 0.974 bits per heavy atom. The Bertz CT molecular complexity index is 1300. The van der Waals surface area contributed by atoms with Crippen LogP contribution in [0.5, 0.6) is 5.75 Å². The van der Waals surface area contributed by atoms with E-state index in [2.05, 4.69) is 5.32 Å². The zero-order chi connectivity index (χ0) is 27.1. The van der Waals surface area contributed by atoms with Crippen LogP contribution in [0.25, 0.3) is 0 Å². The van der Waals surface area contributed by atoms with Gasteiger partial charge in [-0.2, -0.15) is 0 Å². The molecule has 1 aliphatic rings. The lowest BCUT2D eigenvalue weighted by Crippen LogP contribution is -2.39. The first-order valence-electron chi connectivity index (χ1n) is 12.3. The number of nitrogens with one attached hydrogen (secondary N) is 1. The molecule has 0 aromatic heterocycles. The maximum atomic E-state index is 13.5. The third-order valence-electron chi connectivity index (χ3n) is 6.19. The summed E-state index contributed by atoms with van der Waals surface area (Å²) in [6, 6.07) is 22.6. The maximum Gasteiger partial charge on any atom is 0.338 e. The fraction of sp³-hybridized carbons (Fsp3) is 0.241. The molecule has 0 aliphatic carbocycles. The summed E-state index contributed by atoms with van der Waals surface area (Å²) < 4.78 is 10.2. The van der Waals surface area contributed by atoms with Crippen molar-refractivity contribution in [2.75, 3.05) is 30.5 Å². The van der Waals surface area contributed by atoms with Gasteiger partial charge in [0.1, 0.15) is 11.8 Å². The quantitative estimate of drug-likeness (QED) is 0.306. The molecule has 1 fully saturated rings. The first kappa shape index (κ1) is 26.8. The van der Waals surface area contributed by atoms with Crippen LogP contribution in [0.3, 0.4) is 0 Å². The van der Waals surface area contributed by atoms with Gasteiger partial charge in [-0.15, -0.1) is 0 Å². The lowest BCUT2D eigenvalue weighted by Gasteiger charge is -2.24. The Labute approximate surface area is 227 Å². The van der Waals surface area contributed by atoms with E-state index in [1.807, 2.05) is 59.5 Å². The van der Waals surface area contributed by atoms with Crippen LogP contribution in [0, 0.1) is 0 Å². The average molecular weight is 532 g/mol. The molecule has 4 rings (SSSR count). The van der Waals surface area contributed by atoms with Crippen LogP contribution >= 0.6 is 12.2 Å². The molecule has 8 nitrogen and oxygen atoms in total. The van der Waals surface area contributed by atoms with E-state index in [0.29, 0.717) is 35.0 Å². The Hall–Kier alpha value is -4.24. The number of hydrogen-bond donors (Lipinski definition) is 1. The van der Waals surface area contributed by atoms with Crippen molar-refractivity contribution in [2.45, 2.75) is 25.8 Å². The minimum atomic E-state index is -0.750. The summed E-state index contributed by atoms with van der Waals surface area (Å²) in [7, 11) is 1.62. The van der Waals surface area contributed by atoms with E-state index in [4.69, 9.17) is 21.7 Å². The predicted octanol–water partition coefficient (Wildman–Crippen LogP) is 4.45. The van der Waals surface area contributed by atoms with Gasteiger partial charge in [0.15, 0.2) is 5.11 Å². The van der Waals surface area contributed by atoms with Crippen LogP contribution in [0.1, 0.15) is 29.3 Å². The van der Waals surface area contributed by atoms with Gasteiger partial charge in [0, 0.05) is 12.2 Å². The third kappa shape index (κ3) is 6.18. The smallest absolute Gasteiger partial charge is 0.338 e. The molecule has 1 heterocycles. The van der Waals surface area contributed by atoms with Crippen LogP contribution in [0.4, 0.5) is 11.4 Å². The molecule has 38 heavy (non-hydrogen) atoms. The van der Waals surface area contributed by atoms with Crippen molar-refractivity contribution in [1.29, 1.82) is 0 Å². The van der Waals surface area contributed by atoms with Crippen molar-refractivity contribution < 1.29 is 23.9 Å². The molecule has 0 saturated carbocycles. The highest BCUT2D eigenvalue weighted by atomic mass is 32.1. The van der Waals surface area contributed by atoms with Crippen molar-refractivity contribution in [3.8, 4) is 5.75 Å². The number of amides is 2. The molecule has 1 unspecified atom stereocenters. The highest BCUT2D eigenvalue weighted by molar-refractivity contribution is 7.80. The highest BCUT2D eigenvalue weighted by Crippen LogP contribution is 2.28. The van der Waals surface area contributed by atoms with Crippen molar-refractivity contribution >= 4 is 46.5 Å². The first-order chi connectivity index (χ1) is 18.4. The number of benzene rings is 3. The second-order valence-corrected chi connectivity index (χ2v) is 9.01. The van der Waals surface area contributed by atoms with Crippen LogP contribution < -0.4 is 15.0 Å². The number of ether oxygens (including phenoxy) is 2. The number of carbonyl (C=O) groups excluding carboxylic acids is 3. The maximum absolute atomic E-state index is 13.5. The van der Waals surface area contributed by atoms with Crippen molar-refractivity contribution in [3.05, 3.63) is 90.0 Å². The first-order valence-corrected chi connectivity index (χ1v) is 12.7. The van der Waals surface area contributed by atoms with Gasteiger partial charge in [0.05, 0.1) is 31.4 Å². The van der Waals surface area contributed by atoms with Gasteiger partial charge in [0.25, 0.3) is 5.91 Å². The van der Waals surface area contributed by atoms with E-state index in [9.17, 15) is 14.4 Å². The van der Waals surface area contributed by atoms with Gasteiger partial charge >= 0.3 is 5.97 Å². The molecule has 1 saturated heterocycles. The van der Waals surface area contributed by atoms with E-state index in [-0.39, 0.29) is 24.8 Å². The monoisotopic (exact) mass is 531 g/mol. The largest absolute Gasteiger partial charge is 0.497 e.